The van der Waals surface area contributed by atoms with Gasteiger partial charge in [-0.1, -0.05) is 67.7 Å². The van der Waals surface area contributed by atoms with Gasteiger partial charge in [0.15, 0.2) is 0 Å². The fourth-order valence-corrected chi connectivity index (χ4v) is 7.13. The molecular weight excluding hydrogens is 581 g/mol. The van der Waals surface area contributed by atoms with E-state index in [0.29, 0.717) is 41.9 Å². The van der Waals surface area contributed by atoms with Gasteiger partial charge in [0.25, 0.3) is 15.9 Å². The first-order valence-corrected chi connectivity index (χ1v) is 16.0. The predicted molar refractivity (Wildman–Crippen MR) is 157 cm³/mol. The molecule has 5 rings (SSSR count). The van der Waals surface area contributed by atoms with E-state index in [1.807, 2.05) is 0 Å². The number of amidine groups is 1. The van der Waals surface area contributed by atoms with Gasteiger partial charge in [0, 0.05) is 17.5 Å². The minimum atomic E-state index is -4.56. The zero-order valence-electron chi connectivity index (χ0n) is 24.4. The normalized spacial score (nSPS) is 16.7. The topological polar surface area (TPSA) is 105 Å². The highest BCUT2D eigenvalue weighted by molar-refractivity contribution is 7.92. The third-order valence-electron chi connectivity index (χ3n) is 8.23. The maximum atomic E-state index is 13.9. The third-order valence-corrected chi connectivity index (χ3v) is 9.62. The predicted octanol–water partition coefficient (Wildman–Crippen LogP) is 7.11. The van der Waals surface area contributed by atoms with Crippen molar-refractivity contribution >= 4 is 27.7 Å². The number of benzene rings is 2. The lowest BCUT2D eigenvalue weighted by molar-refractivity contribution is -0.131. The van der Waals surface area contributed by atoms with Crippen molar-refractivity contribution in [3.63, 3.8) is 0 Å². The van der Waals surface area contributed by atoms with E-state index in [9.17, 15) is 26.4 Å². The molecule has 1 saturated carbocycles. The molecule has 1 spiro atoms. The number of aliphatic imine (C=N–C) groups is 1. The van der Waals surface area contributed by atoms with Crippen molar-refractivity contribution in [1.29, 1.82) is 0 Å². The van der Waals surface area contributed by atoms with Gasteiger partial charge in [-0.2, -0.15) is 13.2 Å². The summed E-state index contributed by atoms with van der Waals surface area (Å²) in [6.45, 7) is 5.46. The second-order valence-electron chi connectivity index (χ2n) is 11.4. The number of sulfonamides is 1. The summed E-state index contributed by atoms with van der Waals surface area (Å²) in [7, 11) is -4.26. The molecule has 0 saturated heterocycles. The number of anilines is 1. The van der Waals surface area contributed by atoms with E-state index in [-0.39, 0.29) is 39.9 Å². The number of nitrogens with zero attached hydrogens (tertiary/aromatic N) is 3. The zero-order valence-corrected chi connectivity index (χ0v) is 25.2. The summed E-state index contributed by atoms with van der Waals surface area (Å²) in [5, 5.41) is 3.77. The van der Waals surface area contributed by atoms with Crippen LogP contribution >= 0.6 is 0 Å². The molecular formula is C31H35F3N4O4S. The van der Waals surface area contributed by atoms with Gasteiger partial charge in [-0.3, -0.25) is 14.7 Å². The molecule has 8 nitrogen and oxygen atoms in total. The lowest BCUT2D eigenvalue weighted by atomic mass is 9.94. The smallest absolute Gasteiger partial charge is 0.337 e. The van der Waals surface area contributed by atoms with Gasteiger partial charge in [-0.15, -0.1) is 0 Å². The van der Waals surface area contributed by atoms with E-state index < -0.39 is 28.2 Å². The van der Waals surface area contributed by atoms with Crippen molar-refractivity contribution in [3.05, 3.63) is 64.8 Å². The Bertz CT molecular complexity index is 1660. The Morgan fingerprint density at radius 3 is 2.44 bits per heavy atom. The second-order valence-corrected chi connectivity index (χ2v) is 13.0. The summed E-state index contributed by atoms with van der Waals surface area (Å²) >= 11 is 0. The molecule has 1 N–H and O–H groups in total. The first-order chi connectivity index (χ1) is 20.3. The van der Waals surface area contributed by atoms with Crippen molar-refractivity contribution in [3.8, 4) is 11.1 Å². The molecule has 2 aliphatic rings. The molecule has 43 heavy (non-hydrogen) atoms. The number of hydrogen-bond donors (Lipinski definition) is 1. The minimum absolute atomic E-state index is 0.0611. The maximum Gasteiger partial charge on any atom is 0.393 e. The molecule has 0 unspecified atom stereocenters. The summed E-state index contributed by atoms with van der Waals surface area (Å²) in [6, 6.07) is 10.5. The Morgan fingerprint density at radius 1 is 1.07 bits per heavy atom. The van der Waals surface area contributed by atoms with Crippen LogP contribution in [0, 0.1) is 13.8 Å². The van der Waals surface area contributed by atoms with Crippen LogP contribution in [-0.2, 0) is 27.8 Å². The Morgan fingerprint density at radius 2 is 1.79 bits per heavy atom. The molecule has 12 heteroatoms. The Kier molecular flexibility index (Phi) is 8.43. The summed E-state index contributed by atoms with van der Waals surface area (Å²) in [4.78, 5) is 19.9. The van der Waals surface area contributed by atoms with Gasteiger partial charge in [0.2, 0.25) is 5.88 Å². The van der Waals surface area contributed by atoms with Crippen LogP contribution in [0.5, 0.6) is 0 Å². The molecule has 0 bridgehead atoms. The molecule has 0 atom stereocenters. The molecule has 1 amide bonds. The van der Waals surface area contributed by atoms with Crippen LogP contribution in [0.25, 0.3) is 11.1 Å². The number of hydrogen-bond acceptors (Lipinski definition) is 6. The molecule has 2 aromatic carbocycles. The van der Waals surface area contributed by atoms with Gasteiger partial charge >= 0.3 is 6.18 Å². The van der Waals surface area contributed by atoms with Crippen LogP contribution in [0.3, 0.4) is 0 Å². The lowest BCUT2D eigenvalue weighted by Crippen LogP contribution is -2.40. The minimum Gasteiger partial charge on any atom is -0.337 e. The number of aryl methyl sites for hydroxylation is 1. The van der Waals surface area contributed by atoms with Crippen LogP contribution < -0.4 is 4.72 Å². The number of halogens is 3. The molecule has 0 radical (unpaired) electrons. The molecule has 230 valence electrons. The van der Waals surface area contributed by atoms with Gasteiger partial charge in [-0.25, -0.2) is 13.1 Å². The SMILES string of the molecule is CCCCC1=NC2(CCCC2)C(=O)N1Cc1ccc(-c2ccccc2S(=O)(=O)Nc2onc(C)c2C)c(CC(F)(F)F)c1. The summed E-state index contributed by atoms with van der Waals surface area (Å²) in [6.07, 6.45) is -0.227. The number of nitrogens with one attached hydrogen (secondary N) is 1. The maximum absolute atomic E-state index is 13.9. The average Bonchev–Trinajstić information content (AvgIpc) is 3.62. The first-order valence-electron chi connectivity index (χ1n) is 14.5. The quantitative estimate of drug-likeness (QED) is 0.262. The monoisotopic (exact) mass is 616 g/mol. The number of unbranched alkanes of at least 4 members (excludes halogenated alkanes) is 1. The van der Waals surface area contributed by atoms with E-state index in [1.54, 1.807) is 30.9 Å². The van der Waals surface area contributed by atoms with Crippen LogP contribution in [0.1, 0.15) is 74.3 Å². The average molecular weight is 617 g/mol. The van der Waals surface area contributed by atoms with E-state index in [4.69, 9.17) is 9.52 Å². The number of alkyl halides is 3. The summed E-state index contributed by atoms with van der Waals surface area (Å²) in [5.41, 5.74) is 0.927. The van der Waals surface area contributed by atoms with E-state index >= 15 is 0 Å². The van der Waals surface area contributed by atoms with Crippen molar-refractivity contribution in [2.45, 2.75) is 95.3 Å². The number of aromatic nitrogens is 1. The van der Waals surface area contributed by atoms with Gasteiger partial charge < -0.3 is 4.52 Å². The standard InChI is InChI=1S/C31H35F3N4O4S/c1-4-5-12-27-35-30(15-8-9-16-30)29(39)38(27)19-22-13-14-24(23(17-22)18-31(32,33)34)25-10-6-7-11-26(25)43(40,41)37-28-20(2)21(3)36-42-28/h6-7,10-11,13-14,17,37H,4-5,8-9,12,15-16,18-19H2,1-3H3. The Balaban J connectivity index is 1.52. The highest BCUT2D eigenvalue weighted by Crippen LogP contribution is 2.41. The van der Waals surface area contributed by atoms with E-state index in [0.717, 1.165) is 25.7 Å². The van der Waals surface area contributed by atoms with E-state index in [1.165, 1.54) is 30.3 Å². The zero-order chi connectivity index (χ0) is 31.0. The van der Waals surface area contributed by atoms with Crippen molar-refractivity contribution in [1.82, 2.24) is 10.1 Å². The largest absolute Gasteiger partial charge is 0.393 e. The lowest BCUT2D eigenvalue weighted by Gasteiger charge is -2.23. The van der Waals surface area contributed by atoms with Crippen molar-refractivity contribution < 1.29 is 30.9 Å². The van der Waals surface area contributed by atoms with Crippen molar-refractivity contribution in [2.75, 3.05) is 4.72 Å². The molecule has 1 aliphatic heterocycles. The molecule has 2 heterocycles. The summed E-state index contributed by atoms with van der Waals surface area (Å²) < 4.78 is 76.0. The van der Waals surface area contributed by atoms with E-state index in [2.05, 4.69) is 16.8 Å². The molecule has 1 aliphatic carbocycles. The Labute approximate surface area is 249 Å². The van der Waals surface area contributed by atoms with Crippen LogP contribution in [-0.4, -0.2) is 41.9 Å². The highest BCUT2D eigenvalue weighted by atomic mass is 32.2. The number of carbonyl (C=O) groups is 1. The van der Waals surface area contributed by atoms with Crippen molar-refractivity contribution in [2.24, 2.45) is 4.99 Å². The fraction of sp³-hybridized carbons (Fsp3) is 0.452. The van der Waals surface area contributed by atoms with Crippen LogP contribution in [0.4, 0.5) is 19.1 Å². The number of carbonyl (C=O) groups excluding carboxylic acids is 1. The highest BCUT2D eigenvalue weighted by Gasteiger charge is 2.49. The number of amides is 1. The Hall–Kier alpha value is -3.67. The third kappa shape index (κ3) is 6.34. The molecule has 1 fully saturated rings. The van der Waals surface area contributed by atoms with Gasteiger partial charge in [-0.05, 0) is 55.9 Å². The van der Waals surface area contributed by atoms with Crippen LogP contribution in [0.15, 0.2) is 56.9 Å². The fourth-order valence-electron chi connectivity index (χ4n) is 5.86. The second kappa shape index (κ2) is 11.8. The summed E-state index contributed by atoms with van der Waals surface area (Å²) in [5.74, 6) is 0.544. The number of rotatable bonds is 10. The van der Waals surface area contributed by atoms with Gasteiger partial charge in [0.05, 0.1) is 23.6 Å². The van der Waals surface area contributed by atoms with Crippen LogP contribution in [0.2, 0.25) is 0 Å². The molecule has 3 aromatic rings. The first kappa shape index (κ1) is 30.8. The molecule has 1 aromatic heterocycles. The van der Waals surface area contributed by atoms with Gasteiger partial charge in [0.1, 0.15) is 11.4 Å².